The van der Waals surface area contributed by atoms with Crippen molar-refractivity contribution < 1.29 is 31.8 Å². The number of amides is 1. The third kappa shape index (κ3) is 6.54. The summed E-state index contributed by atoms with van der Waals surface area (Å²) in [5.74, 6) is -0.455. The molecule has 3 aromatic carbocycles. The third-order valence-electron chi connectivity index (χ3n) is 4.81. The van der Waals surface area contributed by atoms with Gasteiger partial charge in [0.1, 0.15) is 27.3 Å². The Hall–Kier alpha value is -4.60. The Labute approximate surface area is 216 Å². The van der Waals surface area contributed by atoms with Crippen LogP contribution in [0.25, 0.3) is 6.08 Å². The number of methoxy groups -OCH3 is 2. The standard InChI is InChI=1S/C24H18ClN3O8S/c1-34-18-5-7-19(8-6-18)37(32,33)36-22-10-3-15(12-23(22)35-2)11-16(14-26)24(29)27-17-4-9-20(25)21(13-17)28(30)31/h3-13H,1-2H3,(H,27,29)/b16-11+. The number of nitrogens with one attached hydrogen (secondary N) is 1. The van der Waals surface area contributed by atoms with Gasteiger partial charge in [-0.2, -0.15) is 13.7 Å². The highest BCUT2D eigenvalue weighted by molar-refractivity contribution is 7.87. The first kappa shape index (κ1) is 27.0. The highest BCUT2D eigenvalue weighted by Gasteiger charge is 2.20. The summed E-state index contributed by atoms with van der Waals surface area (Å²) >= 11 is 5.77. The summed E-state index contributed by atoms with van der Waals surface area (Å²) < 4.78 is 40.8. The van der Waals surface area contributed by atoms with Crippen LogP contribution in [0.5, 0.6) is 17.2 Å². The van der Waals surface area contributed by atoms with E-state index in [0.717, 1.165) is 6.07 Å². The van der Waals surface area contributed by atoms with Crippen LogP contribution in [-0.2, 0) is 14.9 Å². The molecule has 13 heteroatoms. The second-order valence-corrected chi connectivity index (χ2v) is 9.12. The van der Waals surface area contributed by atoms with Crippen LogP contribution >= 0.6 is 11.6 Å². The number of hydrogen-bond acceptors (Lipinski definition) is 9. The molecular formula is C24H18ClN3O8S. The maximum absolute atomic E-state index is 12.7. The number of carbonyl (C=O) groups is 1. The van der Waals surface area contributed by atoms with E-state index in [9.17, 15) is 28.6 Å². The summed E-state index contributed by atoms with van der Waals surface area (Å²) in [5.41, 5.74) is -0.363. The third-order valence-corrected chi connectivity index (χ3v) is 6.38. The Balaban J connectivity index is 1.84. The Morgan fingerprint density at radius 2 is 1.76 bits per heavy atom. The number of nitro benzene ring substituents is 1. The molecule has 0 heterocycles. The maximum atomic E-state index is 12.7. The second kappa shape index (κ2) is 11.4. The van der Waals surface area contributed by atoms with Gasteiger partial charge in [-0.3, -0.25) is 14.9 Å². The zero-order chi connectivity index (χ0) is 27.2. The van der Waals surface area contributed by atoms with Crippen LogP contribution in [0.1, 0.15) is 5.56 Å². The van der Waals surface area contributed by atoms with Crippen molar-refractivity contribution in [2.75, 3.05) is 19.5 Å². The van der Waals surface area contributed by atoms with Crippen LogP contribution in [0.4, 0.5) is 11.4 Å². The van der Waals surface area contributed by atoms with Crippen LogP contribution in [0.2, 0.25) is 5.02 Å². The van der Waals surface area contributed by atoms with E-state index in [1.54, 1.807) is 6.07 Å². The number of carbonyl (C=O) groups excluding carboxylic acids is 1. The van der Waals surface area contributed by atoms with E-state index in [-0.39, 0.29) is 32.7 Å². The highest BCUT2D eigenvalue weighted by atomic mass is 35.5. The van der Waals surface area contributed by atoms with E-state index in [0.29, 0.717) is 11.3 Å². The number of nitriles is 1. The van der Waals surface area contributed by atoms with Gasteiger partial charge in [0.05, 0.1) is 19.1 Å². The van der Waals surface area contributed by atoms with Crippen molar-refractivity contribution in [1.29, 1.82) is 5.26 Å². The van der Waals surface area contributed by atoms with Crippen LogP contribution in [0.15, 0.2) is 71.1 Å². The van der Waals surface area contributed by atoms with Gasteiger partial charge in [-0.1, -0.05) is 17.7 Å². The van der Waals surface area contributed by atoms with Gasteiger partial charge in [-0.05, 0) is 60.2 Å². The quantitative estimate of drug-likeness (QED) is 0.134. The number of benzene rings is 3. The number of nitro groups is 1. The molecule has 1 N–H and O–H groups in total. The van der Waals surface area contributed by atoms with Crippen molar-refractivity contribution in [1.82, 2.24) is 0 Å². The first-order valence-electron chi connectivity index (χ1n) is 10.2. The van der Waals surface area contributed by atoms with Gasteiger partial charge in [0.2, 0.25) is 0 Å². The van der Waals surface area contributed by atoms with Crippen LogP contribution in [0, 0.1) is 21.4 Å². The first-order chi connectivity index (χ1) is 17.6. The molecule has 1 amide bonds. The molecule has 37 heavy (non-hydrogen) atoms. The van der Waals surface area contributed by atoms with Gasteiger partial charge in [-0.15, -0.1) is 0 Å². The molecular weight excluding hydrogens is 526 g/mol. The zero-order valence-electron chi connectivity index (χ0n) is 19.3. The number of nitrogens with zero attached hydrogens (tertiary/aromatic N) is 2. The predicted molar refractivity (Wildman–Crippen MR) is 134 cm³/mol. The lowest BCUT2D eigenvalue weighted by atomic mass is 10.1. The number of halogens is 1. The summed E-state index contributed by atoms with van der Waals surface area (Å²) in [6, 6.07) is 15.1. The molecule has 0 aliphatic heterocycles. The molecule has 11 nitrogen and oxygen atoms in total. The normalized spacial score (nSPS) is 11.2. The topological polar surface area (TPSA) is 158 Å². The highest BCUT2D eigenvalue weighted by Crippen LogP contribution is 2.32. The van der Waals surface area contributed by atoms with E-state index in [1.807, 2.05) is 0 Å². The smallest absolute Gasteiger partial charge is 0.339 e. The monoisotopic (exact) mass is 543 g/mol. The number of ether oxygens (including phenoxy) is 2. The minimum absolute atomic E-state index is 0.0249. The minimum atomic E-state index is -4.20. The van der Waals surface area contributed by atoms with Gasteiger partial charge in [0.25, 0.3) is 11.6 Å². The van der Waals surface area contributed by atoms with E-state index < -0.39 is 26.6 Å². The van der Waals surface area contributed by atoms with Crippen LogP contribution in [-0.4, -0.2) is 33.5 Å². The summed E-state index contributed by atoms with van der Waals surface area (Å²) in [6.45, 7) is 0. The molecule has 0 spiro atoms. The van der Waals surface area contributed by atoms with E-state index in [4.69, 9.17) is 25.3 Å². The van der Waals surface area contributed by atoms with Gasteiger partial charge in [0, 0.05) is 11.8 Å². The van der Waals surface area contributed by atoms with Gasteiger partial charge >= 0.3 is 10.1 Å². The molecule has 0 bridgehead atoms. The summed E-state index contributed by atoms with van der Waals surface area (Å²) in [4.78, 5) is 22.8. The van der Waals surface area contributed by atoms with Crippen molar-refractivity contribution in [2.24, 2.45) is 0 Å². The van der Waals surface area contributed by atoms with Crippen LogP contribution < -0.4 is 19.0 Å². The molecule has 3 aromatic rings. The lowest BCUT2D eigenvalue weighted by molar-refractivity contribution is -0.384. The number of anilines is 1. The zero-order valence-corrected chi connectivity index (χ0v) is 20.9. The SMILES string of the molecule is COc1ccc(S(=O)(=O)Oc2ccc(/C=C(\C#N)C(=O)Nc3ccc(Cl)c([N+](=O)[O-])c3)cc2OC)cc1. The predicted octanol–water partition coefficient (Wildman–Crippen LogP) is 4.58. The van der Waals surface area contributed by atoms with Crippen molar-refractivity contribution in [2.45, 2.75) is 4.90 Å². The first-order valence-corrected chi connectivity index (χ1v) is 12.0. The van der Waals surface area contributed by atoms with Gasteiger partial charge in [-0.25, -0.2) is 0 Å². The maximum Gasteiger partial charge on any atom is 0.339 e. The minimum Gasteiger partial charge on any atom is -0.497 e. The lowest BCUT2D eigenvalue weighted by Gasteiger charge is -2.12. The molecule has 0 atom stereocenters. The molecule has 0 saturated carbocycles. The lowest BCUT2D eigenvalue weighted by Crippen LogP contribution is -2.13. The molecule has 0 saturated heterocycles. The van der Waals surface area contributed by atoms with Gasteiger partial charge < -0.3 is 19.0 Å². The second-order valence-electron chi connectivity index (χ2n) is 7.17. The average molecular weight is 544 g/mol. The Morgan fingerprint density at radius 3 is 2.35 bits per heavy atom. The summed E-state index contributed by atoms with van der Waals surface area (Å²) in [6.07, 6.45) is 1.23. The van der Waals surface area contributed by atoms with Crippen molar-refractivity contribution in [3.05, 3.63) is 86.9 Å². The van der Waals surface area contributed by atoms with Crippen molar-refractivity contribution in [3.8, 4) is 23.3 Å². The van der Waals surface area contributed by atoms with E-state index in [1.165, 1.54) is 74.9 Å². The molecule has 3 rings (SSSR count). The number of rotatable bonds is 9. The van der Waals surface area contributed by atoms with Crippen molar-refractivity contribution >= 4 is 45.1 Å². The fourth-order valence-corrected chi connectivity index (χ4v) is 4.12. The van der Waals surface area contributed by atoms with Crippen molar-refractivity contribution in [3.63, 3.8) is 0 Å². The molecule has 0 aromatic heterocycles. The Kier molecular flexibility index (Phi) is 8.33. The molecule has 0 fully saturated rings. The molecule has 0 unspecified atom stereocenters. The fourth-order valence-electron chi connectivity index (χ4n) is 3.00. The summed E-state index contributed by atoms with van der Waals surface area (Å²) in [5, 5.41) is 22.8. The summed E-state index contributed by atoms with van der Waals surface area (Å²) in [7, 11) is -1.45. The number of hydrogen-bond donors (Lipinski definition) is 1. The molecule has 0 aliphatic rings. The molecule has 0 radical (unpaired) electrons. The Morgan fingerprint density at radius 1 is 1.05 bits per heavy atom. The van der Waals surface area contributed by atoms with E-state index in [2.05, 4.69) is 5.32 Å². The Bertz CT molecular complexity index is 1530. The molecule has 190 valence electrons. The molecule has 0 aliphatic carbocycles. The van der Waals surface area contributed by atoms with E-state index >= 15 is 0 Å². The van der Waals surface area contributed by atoms with Crippen LogP contribution in [0.3, 0.4) is 0 Å². The fraction of sp³-hybridized carbons (Fsp3) is 0.0833. The van der Waals surface area contributed by atoms with Gasteiger partial charge in [0.15, 0.2) is 11.5 Å². The largest absolute Gasteiger partial charge is 0.497 e. The average Bonchev–Trinajstić information content (AvgIpc) is 2.88.